The SMILES string of the molecule is CN1C(c2ccccc2)CC(c2ccc(Cl)cc2)N1C.I. The van der Waals surface area contributed by atoms with Crippen LogP contribution < -0.4 is 0 Å². The van der Waals surface area contributed by atoms with E-state index in [2.05, 4.69) is 66.6 Å². The van der Waals surface area contributed by atoms with Crippen molar-refractivity contribution in [1.29, 1.82) is 0 Å². The van der Waals surface area contributed by atoms with E-state index >= 15 is 0 Å². The van der Waals surface area contributed by atoms with Gasteiger partial charge in [0.2, 0.25) is 0 Å². The first-order valence-corrected chi connectivity index (χ1v) is 7.30. The van der Waals surface area contributed by atoms with Gasteiger partial charge in [0, 0.05) is 19.1 Å². The Balaban J connectivity index is 0.00000161. The zero-order valence-electron chi connectivity index (χ0n) is 12.2. The summed E-state index contributed by atoms with van der Waals surface area (Å²) in [7, 11) is 4.32. The van der Waals surface area contributed by atoms with Gasteiger partial charge in [-0.2, -0.15) is 0 Å². The Bertz CT molecular complexity index is 573. The molecule has 1 aliphatic rings. The van der Waals surface area contributed by atoms with E-state index in [-0.39, 0.29) is 24.0 Å². The van der Waals surface area contributed by atoms with Crippen molar-refractivity contribution in [3.8, 4) is 0 Å². The van der Waals surface area contributed by atoms with Gasteiger partial charge in [0.15, 0.2) is 0 Å². The summed E-state index contributed by atoms with van der Waals surface area (Å²) in [6.07, 6.45) is 1.10. The third-order valence-corrected chi connectivity index (χ3v) is 4.54. The highest BCUT2D eigenvalue weighted by molar-refractivity contribution is 14.0. The maximum absolute atomic E-state index is 5.98. The van der Waals surface area contributed by atoms with Crippen LogP contribution in [-0.4, -0.2) is 24.1 Å². The second-order valence-electron chi connectivity index (χ2n) is 5.38. The summed E-state index contributed by atoms with van der Waals surface area (Å²) in [5, 5.41) is 5.44. The fourth-order valence-corrected chi connectivity index (χ4v) is 3.15. The quantitative estimate of drug-likeness (QED) is 0.643. The zero-order valence-corrected chi connectivity index (χ0v) is 15.3. The summed E-state index contributed by atoms with van der Waals surface area (Å²) >= 11 is 5.98. The molecule has 0 radical (unpaired) electrons. The summed E-state index contributed by atoms with van der Waals surface area (Å²) in [5.74, 6) is 0. The Labute approximate surface area is 148 Å². The molecule has 0 saturated carbocycles. The molecule has 2 aromatic carbocycles. The lowest BCUT2D eigenvalue weighted by molar-refractivity contribution is 0.0252. The summed E-state index contributed by atoms with van der Waals surface area (Å²) in [6.45, 7) is 0. The predicted octanol–water partition coefficient (Wildman–Crippen LogP) is 4.92. The monoisotopic (exact) mass is 414 g/mol. The Morgan fingerprint density at radius 3 is 1.81 bits per heavy atom. The van der Waals surface area contributed by atoms with Crippen LogP contribution in [0.25, 0.3) is 0 Å². The Morgan fingerprint density at radius 2 is 1.29 bits per heavy atom. The molecule has 1 heterocycles. The average Bonchev–Trinajstić information content (AvgIpc) is 2.77. The van der Waals surface area contributed by atoms with Crippen LogP contribution in [0.4, 0.5) is 0 Å². The average molecular weight is 415 g/mol. The molecule has 0 bridgehead atoms. The number of hydrogen-bond acceptors (Lipinski definition) is 2. The maximum atomic E-state index is 5.98. The molecule has 0 aromatic heterocycles. The van der Waals surface area contributed by atoms with Crippen LogP contribution in [-0.2, 0) is 0 Å². The molecule has 0 amide bonds. The highest BCUT2D eigenvalue weighted by Gasteiger charge is 2.35. The van der Waals surface area contributed by atoms with Crippen molar-refractivity contribution < 1.29 is 0 Å². The van der Waals surface area contributed by atoms with E-state index in [1.54, 1.807) is 0 Å². The van der Waals surface area contributed by atoms with Gasteiger partial charge in [-0.15, -0.1) is 24.0 Å². The molecule has 2 atom stereocenters. The van der Waals surface area contributed by atoms with Crippen LogP contribution in [0.15, 0.2) is 54.6 Å². The van der Waals surface area contributed by atoms with Gasteiger partial charge >= 0.3 is 0 Å². The van der Waals surface area contributed by atoms with Gasteiger partial charge < -0.3 is 0 Å². The summed E-state index contributed by atoms with van der Waals surface area (Å²) in [4.78, 5) is 0. The first-order valence-electron chi connectivity index (χ1n) is 6.93. The number of halogens is 2. The fourth-order valence-electron chi connectivity index (χ4n) is 3.02. The predicted molar refractivity (Wildman–Crippen MR) is 98.9 cm³/mol. The van der Waals surface area contributed by atoms with E-state index in [9.17, 15) is 0 Å². The Morgan fingerprint density at radius 1 is 0.810 bits per heavy atom. The lowest BCUT2D eigenvalue weighted by atomic mass is 9.97. The molecule has 2 unspecified atom stereocenters. The van der Waals surface area contributed by atoms with E-state index in [4.69, 9.17) is 11.6 Å². The summed E-state index contributed by atoms with van der Waals surface area (Å²) < 4.78 is 0. The van der Waals surface area contributed by atoms with Crippen LogP contribution in [0, 0.1) is 0 Å². The number of hydrogen-bond donors (Lipinski definition) is 0. The molecule has 3 rings (SSSR count). The molecule has 1 aliphatic heterocycles. The lowest BCUT2D eigenvalue weighted by Gasteiger charge is -2.28. The van der Waals surface area contributed by atoms with Gasteiger partial charge in [-0.25, -0.2) is 10.0 Å². The van der Waals surface area contributed by atoms with Gasteiger partial charge in [-0.1, -0.05) is 54.1 Å². The zero-order chi connectivity index (χ0) is 14.1. The topological polar surface area (TPSA) is 6.48 Å². The minimum absolute atomic E-state index is 0. The third kappa shape index (κ3) is 3.42. The smallest absolute Gasteiger partial charge is 0.0511 e. The molecule has 0 N–H and O–H groups in total. The molecule has 4 heteroatoms. The van der Waals surface area contributed by atoms with Crippen molar-refractivity contribution >= 4 is 35.6 Å². The second kappa shape index (κ2) is 7.09. The van der Waals surface area contributed by atoms with Crippen LogP contribution >= 0.6 is 35.6 Å². The van der Waals surface area contributed by atoms with Crippen LogP contribution in [0.1, 0.15) is 29.6 Å². The van der Waals surface area contributed by atoms with Crippen molar-refractivity contribution in [2.75, 3.05) is 14.1 Å². The lowest BCUT2D eigenvalue weighted by Crippen LogP contribution is -2.32. The van der Waals surface area contributed by atoms with E-state index in [1.165, 1.54) is 11.1 Å². The van der Waals surface area contributed by atoms with E-state index in [1.807, 2.05) is 12.1 Å². The number of benzene rings is 2. The molecule has 0 spiro atoms. The van der Waals surface area contributed by atoms with Gasteiger partial charge in [0.25, 0.3) is 0 Å². The standard InChI is InChI=1S/C17H19ClN2.HI/c1-19-16(13-6-4-3-5-7-13)12-17(20(19)2)14-8-10-15(18)11-9-14;/h3-11,16-17H,12H2,1-2H3;1H. The largest absolute Gasteiger partial charge is 0.237 e. The number of nitrogens with zero attached hydrogens (tertiary/aromatic N) is 2. The molecule has 2 aromatic rings. The van der Waals surface area contributed by atoms with E-state index in [0.717, 1.165) is 11.4 Å². The molecular weight excluding hydrogens is 395 g/mol. The first kappa shape index (κ1) is 16.7. The van der Waals surface area contributed by atoms with Crippen molar-refractivity contribution in [2.45, 2.75) is 18.5 Å². The van der Waals surface area contributed by atoms with Crippen molar-refractivity contribution in [3.63, 3.8) is 0 Å². The minimum Gasteiger partial charge on any atom is -0.237 e. The van der Waals surface area contributed by atoms with Gasteiger partial charge in [0.05, 0.1) is 12.1 Å². The van der Waals surface area contributed by atoms with Gasteiger partial charge in [-0.05, 0) is 29.7 Å². The number of rotatable bonds is 2. The molecule has 1 saturated heterocycles. The second-order valence-corrected chi connectivity index (χ2v) is 5.81. The van der Waals surface area contributed by atoms with Crippen molar-refractivity contribution in [3.05, 3.63) is 70.7 Å². The first-order chi connectivity index (χ1) is 9.66. The number of hydrazine groups is 1. The van der Waals surface area contributed by atoms with E-state index in [0.29, 0.717) is 12.1 Å². The molecule has 0 aliphatic carbocycles. The van der Waals surface area contributed by atoms with Crippen LogP contribution in [0.5, 0.6) is 0 Å². The highest BCUT2D eigenvalue weighted by atomic mass is 127. The molecule has 21 heavy (non-hydrogen) atoms. The van der Waals surface area contributed by atoms with Gasteiger partial charge in [-0.3, -0.25) is 0 Å². The Hall–Kier alpha value is -0.620. The minimum atomic E-state index is 0. The van der Waals surface area contributed by atoms with Crippen LogP contribution in [0.2, 0.25) is 5.02 Å². The Kier molecular flexibility index (Phi) is 5.66. The third-order valence-electron chi connectivity index (χ3n) is 4.29. The highest BCUT2D eigenvalue weighted by Crippen LogP contribution is 2.41. The van der Waals surface area contributed by atoms with Crippen LogP contribution in [0.3, 0.4) is 0 Å². The van der Waals surface area contributed by atoms with E-state index < -0.39 is 0 Å². The molecule has 2 nitrogen and oxygen atoms in total. The van der Waals surface area contributed by atoms with Crippen molar-refractivity contribution in [2.24, 2.45) is 0 Å². The fraction of sp³-hybridized carbons (Fsp3) is 0.294. The summed E-state index contributed by atoms with van der Waals surface area (Å²) in [6, 6.07) is 19.7. The van der Waals surface area contributed by atoms with Gasteiger partial charge in [0.1, 0.15) is 0 Å². The molecule has 1 fully saturated rings. The molecular formula is C17H20ClIN2. The maximum Gasteiger partial charge on any atom is 0.0511 e. The molecule has 112 valence electrons. The normalized spacial score (nSPS) is 23.0. The summed E-state index contributed by atoms with van der Waals surface area (Å²) in [5.41, 5.74) is 2.69. The van der Waals surface area contributed by atoms with Crippen molar-refractivity contribution in [1.82, 2.24) is 10.0 Å².